The molecule has 4 rings (SSSR count). The molecule has 0 saturated carbocycles. The van der Waals surface area contributed by atoms with Crippen LogP contribution in [0.1, 0.15) is 18.9 Å². The summed E-state index contributed by atoms with van der Waals surface area (Å²) in [6.07, 6.45) is 3.93. The van der Waals surface area contributed by atoms with Crippen LogP contribution in [0.4, 0.5) is 4.39 Å². The van der Waals surface area contributed by atoms with Crippen LogP contribution in [0.2, 0.25) is 0 Å². The zero-order chi connectivity index (χ0) is 20.9. The van der Waals surface area contributed by atoms with E-state index < -0.39 is 0 Å². The van der Waals surface area contributed by atoms with Crippen LogP contribution in [0.25, 0.3) is 33.0 Å². The Morgan fingerprint density at radius 1 is 0.833 bits per heavy atom. The van der Waals surface area contributed by atoms with Gasteiger partial charge in [-0.05, 0) is 52.3 Å². The summed E-state index contributed by atoms with van der Waals surface area (Å²) in [5.74, 6) is 0.548. The lowest BCUT2D eigenvalue weighted by atomic mass is 9.96. The maximum Gasteiger partial charge on any atom is 0.138 e. The molecule has 0 heterocycles. The summed E-state index contributed by atoms with van der Waals surface area (Å²) in [6, 6.07) is 25.9. The number of rotatable bonds is 7. The minimum absolute atomic E-state index is 0.197. The zero-order valence-corrected chi connectivity index (χ0v) is 17.2. The lowest BCUT2D eigenvalue weighted by molar-refractivity contribution is 0.363. The molecule has 30 heavy (non-hydrogen) atoms. The molecule has 0 amide bonds. The highest BCUT2D eigenvalue weighted by Crippen LogP contribution is 2.32. The van der Waals surface area contributed by atoms with E-state index in [0.29, 0.717) is 17.6 Å². The molecular weight excluding hydrogens is 371 g/mol. The minimum atomic E-state index is -0.197. The largest absolute Gasteiger partial charge is 0.490 e. The minimum Gasteiger partial charge on any atom is -0.490 e. The summed E-state index contributed by atoms with van der Waals surface area (Å²) in [7, 11) is 0. The molecule has 0 bridgehead atoms. The summed E-state index contributed by atoms with van der Waals surface area (Å²) in [5.41, 5.74) is 5.02. The van der Waals surface area contributed by atoms with Gasteiger partial charge in [0, 0.05) is 10.9 Å². The van der Waals surface area contributed by atoms with E-state index in [-0.39, 0.29) is 5.82 Å². The quantitative estimate of drug-likeness (QED) is 0.289. The summed E-state index contributed by atoms with van der Waals surface area (Å²) < 4.78 is 20.8. The van der Waals surface area contributed by atoms with Crippen molar-refractivity contribution in [2.45, 2.75) is 19.8 Å². The number of aryl methyl sites for hydroxylation is 1. The standard InChI is InChI=1S/C28H25FO/c1-3-5-20-6-8-21(9-7-20)23-12-16-27-24(19-23)13-17-26(28(27)29)22-10-14-25(15-11-22)30-18-4-2/h4,6-17,19H,2-3,5,18H2,1H3. The van der Waals surface area contributed by atoms with Gasteiger partial charge >= 0.3 is 0 Å². The number of ether oxygens (including phenoxy) is 1. The maximum absolute atomic E-state index is 15.3. The number of hydrogen-bond acceptors (Lipinski definition) is 1. The lowest BCUT2D eigenvalue weighted by Crippen LogP contribution is -1.93. The van der Waals surface area contributed by atoms with Gasteiger partial charge in [0.1, 0.15) is 18.2 Å². The van der Waals surface area contributed by atoms with Crippen LogP contribution in [0.3, 0.4) is 0 Å². The Bertz CT molecular complexity index is 1160. The highest BCUT2D eigenvalue weighted by molar-refractivity contribution is 5.91. The predicted molar refractivity (Wildman–Crippen MR) is 124 cm³/mol. The summed E-state index contributed by atoms with van der Waals surface area (Å²) >= 11 is 0. The van der Waals surface area contributed by atoms with Gasteiger partial charge in [-0.25, -0.2) is 4.39 Å². The Kier molecular flexibility index (Phi) is 5.94. The van der Waals surface area contributed by atoms with Crippen LogP contribution in [0.15, 0.2) is 91.5 Å². The molecule has 0 aliphatic carbocycles. The van der Waals surface area contributed by atoms with Gasteiger partial charge in [-0.3, -0.25) is 0 Å². The number of halogens is 1. The molecule has 0 unspecified atom stereocenters. The van der Waals surface area contributed by atoms with Crippen molar-refractivity contribution in [1.29, 1.82) is 0 Å². The first-order chi connectivity index (χ1) is 14.7. The van der Waals surface area contributed by atoms with Crippen LogP contribution in [-0.2, 0) is 6.42 Å². The second-order valence-corrected chi connectivity index (χ2v) is 7.43. The SMILES string of the molecule is C=CCOc1ccc(-c2ccc3cc(-c4ccc(CCC)cc4)ccc3c2F)cc1. The van der Waals surface area contributed by atoms with Crippen LogP contribution in [0.5, 0.6) is 5.75 Å². The fourth-order valence-electron chi connectivity index (χ4n) is 3.73. The molecule has 4 aromatic rings. The van der Waals surface area contributed by atoms with Crippen LogP contribution >= 0.6 is 0 Å². The van der Waals surface area contributed by atoms with Gasteiger partial charge in [0.25, 0.3) is 0 Å². The van der Waals surface area contributed by atoms with Gasteiger partial charge < -0.3 is 4.74 Å². The molecule has 0 aromatic heterocycles. The Balaban J connectivity index is 1.64. The van der Waals surface area contributed by atoms with Crippen molar-refractivity contribution >= 4 is 10.8 Å². The number of benzene rings is 4. The average Bonchev–Trinajstić information content (AvgIpc) is 2.79. The lowest BCUT2D eigenvalue weighted by Gasteiger charge is -2.10. The highest BCUT2D eigenvalue weighted by atomic mass is 19.1. The third-order valence-electron chi connectivity index (χ3n) is 5.31. The molecule has 2 heteroatoms. The van der Waals surface area contributed by atoms with E-state index in [1.807, 2.05) is 48.5 Å². The first kappa shape index (κ1) is 19.9. The van der Waals surface area contributed by atoms with Crippen molar-refractivity contribution in [3.05, 3.63) is 103 Å². The Labute approximate surface area is 177 Å². The fourth-order valence-corrected chi connectivity index (χ4v) is 3.73. The van der Waals surface area contributed by atoms with Crippen molar-refractivity contribution in [3.8, 4) is 28.0 Å². The van der Waals surface area contributed by atoms with Crippen LogP contribution < -0.4 is 4.74 Å². The van der Waals surface area contributed by atoms with Crippen LogP contribution in [0, 0.1) is 5.82 Å². The first-order valence-electron chi connectivity index (χ1n) is 10.4. The molecule has 0 atom stereocenters. The molecule has 150 valence electrons. The molecular formula is C28H25FO. The summed E-state index contributed by atoms with van der Waals surface area (Å²) in [5, 5.41) is 1.53. The Morgan fingerprint density at radius 3 is 2.23 bits per heavy atom. The first-order valence-corrected chi connectivity index (χ1v) is 10.4. The predicted octanol–water partition coefficient (Wildman–Crippen LogP) is 7.83. The molecule has 0 aliphatic rings. The smallest absolute Gasteiger partial charge is 0.138 e. The molecule has 0 N–H and O–H groups in total. The van der Waals surface area contributed by atoms with Gasteiger partial charge in [-0.2, -0.15) is 0 Å². The summed E-state index contributed by atoms with van der Waals surface area (Å²) in [4.78, 5) is 0. The van der Waals surface area contributed by atoms with Crippen molar-refractivity contribution in [2.75, 3.05) is 6.61 Å². The number of hydrogen-bond donors (Lipinski definition) is 0. The third kappa shape index (κ3) is 4.13. The average molecular weight is 397 g/mol. The van der Waals surface area contributed by atoms with Crippen LogP contribution in [-0.4, -0.2) is 6.61 Å². The van der Waals surface area contributed by atoms with E-state index >= 15 is 4.39 Å². The molecule has 0 fully saturated rings. The zero-order valence-electron chi connectivity index (χ0n) is 17.2. The van der Waals surface area contributed by atoms with Gasteiger partial charge in [-0.1, -0.05) is 86.7 Å². The van der Waals surface area contributed by atoms with Gasteiger partial charge in [0.05, 0.1) is 0 Å². The number of fused-ring (bicyclic) bond motifs is 1. The highest BCUT2D eigenvalue weighted by Gasteiger charge is 2.11. The molecule has 0 radical (unpaired) electrons. The Hall–Kier alpha value is -3.39. The van der Waals surface area contributed by atoms with Crippen molar-refractivity contribution in [1.82, 2.24) is 0 Å². The van der Waals surface area contributed by atoms with Gasteiger partial charge in [0.2, 0.25) is 0 Å². The van der Waals surface area contributed by atoms with Crippen molar-refractivity contribution < 1.29 is 9.13 Å². The van der Waals surface area contributed by atoms with Crippen molar-refractivity contribution in [3.63, 3.8) is 0 Å². The van der Waals surface area contributed by atoms with E-state index in [1.165, 1.54) is 5.56 Å². The topological polar surface area (TPSA) is 9.23 Å². The van der Waals surface area contributed by atoms with Gasteiger partial charge in [0.15, 0.2) is 0 Å². The Morgan fingerprint density at radius 2 is 1.53 bits per heavy atom. The van der Waals surface area contributed by atoms with Gasteiger partial charge in [-0.15, -0.1) is 0 Å². The van der Waals surface area contributed by atoms with E-state index in [1.54, 1.807) is 6.08 Å². The second-order valence-electron chi connectivity index (χ2n) is 7.43. The summed E-state index contributed by atoms with van der Waals surface area (Å²) in [6.45, 7) is 6.28. The van der Waals surface area contributed by atoms with E-state index in [0.717, 1.165) is 40.7 Å². The molecule has 0 spiro atoms. The van der Waals surface area contributed by atoms with Crippen molar-refractivity contribution in [2.24, 2.45) is 0 Å². The molecule has 0 saturated heterocycles. The molecule has 4 aromatic carbocycles. The normalized spacial score (nSPS) is 10.9. The third-order valence-corrected chi connectivity index (χ3v) is 5.31. The van der Waals surface area contributed by atoms with E-state index in [4.69, 9.17) is 4.74 Å². The molecule has 1 nitrogen and oxygen atoms in total. The maximum atomic E-state index is 15.3. The molecule has 0 aliphatic heterocycles. The van der Waals surface area contributed by atoms with E-state index in [2.05, 4.69) is 43.8 Å². The van der Waals surface area contributed by atoms with E-state index in [9.17, 15) is 0 Å². The second kappa shape index (κ2) is 8.96. The fraction of sp³-hybridized carbons (Fsp3) is 0.143. The monoisotopic (exact) mass is 396 g/mol.